The van der Waals surface area contributed by atoms with Crippen LogP contribution in [0.1, 0.15) is 48.3 Å². The topological polar surface area (TPSA) is 54.7 Å². The average molecular weight is 623 g/mol. The molecule has 1 aliphatic rings. The lowest BCUT2D eigenvalue weighted by Crippen LogP contribution is -2.19. The number of nitrogens with zero attached hydrogens (tertiary/aromatic N) is 2. The fraction of sp³-hybridized carbons (Fsp3) is 0.400. The van der Waals surface area contributed by atoms with Crippen molar-refractivity contribution in [3.8, 4) is 5.75 Å². The molecule has 2 aromatic carbocycles. The Balaban J connectivity index is 0.00000342. The molecule has 0 bridgehead atoms. The highest BCUT2D eigenvalue weighted by molar-refractivity contribution is 9.10. The van der Waals surface area contributed by atoms with Crippen LogP contribution in [0.3, 0.4) is 0 Å². The van der Waals surface area contributed by atoms with E-state index in [0.29, 0.717) is 38.9 Å². The van der Waals surface area contributed by atoms with Crippen LogP contribution >= 0.6 is 63.3 Å². The standard InChI is InChI=1S/C25H27BrCl2N2O3S.ClH/c1-3-30-19-12-16(26)23(31)15(13-29-10-5-6-11-29)21(19)22(25(32)33-4-2)20(30)14-34-24-17(27)8-7-9-18(24)28;/h7-9,12,31H,3-6,10-11,13-14H2,1-2H3;1H. The molecule has 1 N–H and O–H groups in total. The molecule has 190 valence electrons. The number of phenols is 1. The van der Waals surface area contributed by atoms with Crippen molar-refractivity contribution < 1.29 is 14.6 Å². The zero-order valence-corrected chi connectivity index (χ0v) is 24.3. The highest BCUT2D eigenvalue weighted by Gasteiger charge is 2.29. The molecule has 10 heteroatoms. The van der Waals surface area contributed by atoms with Gasteiger partial charge in [-0.3, -0.25) is 4.90 Å². The van der Waals surface area contributed by atoms with Crippen LogP contribution in [-0.2, 0) is 23.6 Å². The highest BCUT2D eigenvalue weighted by atomic mass is 79.9. The van der Waals surface area contributed by atoms with Crippen LogP contribution in [-0.4, -0.2) is 40.2 Å². The summed E-state index contributed by atoms with van der Waals surface area (Å²) in [4.78, 5) is 16.4. The quantitative estimate of drug-likeness (QED) is 0.204. The van der Waals surface area contributed by atoms with Gasteiger partial charge in [0.2, 0.25) is 0 Å². The minimum atomic E-state index is -0.384. The lowest BCUT2D eigenvalue weighted by atomic mass is 10.0. The van der Waals surface area contributed by atoms with Crippen molar-refractivity contribution in [1.29, 1.82) is 0 Å². The molecule has 5 nitrogen and oxygen atoms in total. The monoisotopic (exact) mass is 620 g/mol. The van der Waals surface area contributed by atoms with Gasteiger partial charge >= 0.3 is 5.97 Å². The summed E-state index contributed by atoms with van der Waals surface area (Å²) in [6.07, 6.45) is 2.28. The number of fused-ring (bicyclic) bond motifs is 1. The number of likely N-dealkylation sites (tertiary alicyclic amines) is 1. The Morgan fingerprint density at radius 3 is 2.46 bits per heavy atom. The van der Waals surface area contributed by atoms with Crippen molar-refractivity contribution in [2.24, 2.45) is 0 Å². The second-order valence-corrected chi connectivity index (χ2v) is 10.8. The number of hydrogen-bond acceptors (Lipinski definition) is 5. The molecule has 35 heavy (non-hydrogen) atoms. The first-order valence-electron chi connectivity index (χ1n) is 11.4. The Morgan fingerprint density at radius 2 is 1.86 bits per heavy atom. The second-order valence-electron chi connectivity index (χ2n) is 8.19. The number of rotatable bonds is 8. The van der Waals surface area contributed by atoms with Gasteiger partial charge < -0.3 is 14.4 Å². The molecule has 0 saturated carbocycles. The van der Waals surface area contributed by atoms with E-state index < -0.39 is 0 Å². The number of hydrogen-bond donors (Lipinski definition) is 1. The number of aromatic hydroxyl groups is 1. The predicted molar refractivity (Wildman–Crippen MR) is 151 cm³/mol. The van der Waals surface area contributed by atoms with Gasteiger partial charge in [0.05, 0.1) is 32.2 Å². The van der Waals surface area contributed by atoms with Gasteiger partial charge in [-0.2, -0.15) is 0 Å². The van der Waals surface area contributed by atoms with E-state index >= 15 is 0 Å². The zero-order chi connectivity index (χ0) is 24.4. The first-order valence-corrected chi connectivity index (χ1v) is 13.9. The number of thioether (sulfide) groups is 1. The summed E-state index contributed by atoms with van der Waals surface area (Å²) in [7, 11) is 0. The Hall–Kier alpha value is -1.09. The minimum Gasteiger partial charge on any atom is -0.506 e. The van der Waals surface area contributed by atoms with Gasteiger partial charge in [-0.05, 0) is 73.9 Å². The molecule has 0 atom stereocenters. The van der Waals surface area contributed by atoms with Crippen LogP contribution in [0.15, 0.2) is 33.6 Å². The summed E-state index contributed by atoms with van der Waals surface area (Å²) < 4.78 is 8.25. The van der Waals surface area contributed by atoms with Gasteiger partial charge in [0.25, 0.3) is 0 Å². The van der Waals surface area contributed by atoms with E-state index in [1.54, 1.807) is 19.1 Å². The molecule has 1 aromatic heterocycles. The van der Waals surface area contributed by atoms with Crippen molar-refractivity contribution in [1.82, 2.24) is 9.47 Å². The number of carbonyl (C=O) groups is 1. The number of aromatic nitrogens is 1. The van der Waals surface area contributed by atoms with Crippen LogP contribution in [0.4, 0.5) is 0 Å². The Morgan fingerprint density at radius 1 is 1.20 bits per heavy atom. The zero-order valence-electron chi connectivity index (χ0n) is 19.6. The van der Waals surface area contributed by atoms with Crippen molar-refractivity contribution in [3.63, 3.8) is 0 Å². The molecule has 3 aromatic rings. The molecule has 1 saturated heterocycles. The van der Waals surface area contributed by atoms with E-state index in [0.717, 1.165) is 53.0 Å². The molecule has 0 radical (unpaired) electrons. The SMILES string of the molecule is CCOC(=O)c1c(CSc2c(Cl)cccc2Cl)n(CC)c2cc(Br)c(O)c(CN3CCCC3)c12.Cl. The van der Waals surface area contributed by atoms with Crippen molar-refractivity contribution in [2.75, 3.05) is 19.7 Å². The van der Waals surface area contributed by atoms with Gasteiger partial charge in [-0.15, -0.1) is 24.2 Å². The summed E-state index contributed by atoms with van der Waals surface area (Å²) in [5.74, 6) is 0.262. The third-order valence-electron chi connectivity index (χ3n) is 6.14. The molecule has 0 spiro atoms. The van der Waals surface area contributed by atoms with Crippen LogP contribution in [0.2, 0.25) is 10.0 Å². The number of ether oxygens (including phenoxy) is 1. The number of phenolic OH excluding ortho intramolecular Hbond substituents is 1. The fourth-order valence-electron chi connectivity index (χ4n) is 4.61. The Labute approximate surface area is 234 Å². The van der Waals surface area contributed by atoms with Crippen molar-refractivity contribution in [3.05, 3.63) is 55.6 Å². The fourth-order valence-corrected chi connectivity index (χ4v) is 6.78. The van der Waals surface area contributed by atoms with Gasteiger partial charge in [0, 0.05) is 40.4 Å². The third kappa shape index (κ3) is 5.76. The van der Waals surface area contributed by atoms with Gasteiger partial charge in [-0.1, -0.05) is 29.3 Å². The molecule has 0 amide bonds. The molecule has 1 aliphatic heterocycles. The van der Waals surface area contributed by atoms with Crippen molar-refractivity contribution >= 4 is 80.2 Å². The molecular weight excluding hydrogens is 595 g/mol. The van der Waals surface area contributed by atoms with Gasteiger partial charge in [-0.25, -0.2) is 4.79 Å². The number of carbonyl (C=O) groups excluding carboxylic acids is 1. The predicted octanol–water partition coefficient (Wildman–Crippen LogP) is 7.92. The maximum absolute atomic E-state index is 13.3. The maximum atomic E-state index is 13.3. The molecule has 0 unspecified atom stereocenters. The number of esters is 1. The number of aryl methyl sites for hydroxylation is 1. The van der Waals surface area contributed by atoms with Crippen LogP contribution < -0.4 is 0 Å². The van der Waals surface area contributed by atoms with E-state index in [1.807, 2.05) is 19.1 Å². The second kappa shape index (κ2) is 12.4. The van der Waals surface area contributed by atoms with Gasteiger partial charge in [0.15, 0.2) is 0 Å². The third-order valence-corrected chi connectivity index (χ3v) is 8.74. The van der Waals surface area contributed by atoms with Gasteiger partial charge in [0.1, 0.15) is 5.75 Å². The van der Waals surface area contributed by atoms with E-state index in [-0.39, 0.29) is 30.7 Å². The van der Waals surface area contributed by atoms with E-state index in [9.17, 15) is 9.90 Å². The molecule has 0 aliphatic carbocycles. The van der Waals surface area contributed by atoms with E-state index in [4.69, 9.17) is 27.9 Å². The lowest BCUT2D eigenvalue weighted by molar-refractivity contribution is 0.0527. The summed E-state index contributed by atoms with van der Waals surface area (Å²) >= 11 is 17.9. The lowest BCUT2D eigenvalue weighted by Gasteiger charge is -2.18. The summed E-state index contributed by atoms with van der Waals surface area (Å²) in [6, 6.07) is 7.31. The Kier molecular flexibility index (Phi) is 10.1. The van der Waals surface area contributed by atoms with E-state index in [2.05, 4.69) is 25.4 Å². The Bertz CT molecular complexity index is 1210. The van der Waals surface area contributed by atoms with Crippen LogP contribution in [0.25, 0.3) is 10.9 Å². The molecular formula is C25H28BrCl3N2O3S. The molecule has 4 rings (SSSR count). The maximum Gasteiger partial charge on any atom is 0.340 e. The molecule has 2 heterocycles. The number of benzene rings is 2. The first kappa shape index (κ1) is 28.5. The van der Waals surface area contributed by atoms with Crippen LogP contribution in [0, 0.1) is 0 Å². The van der Waals surface area contributed by atoms with E-state index in [1.165, 1.54) is 11.8 Å². The minimum absolute atomic E-state index is 0. The van der Waals surface area contributed by atoms with Crippen molar-refractivity contribution in [2.45, 2.75) is 50.4 Å². The smallest absolute Gasteiger partial charge is 0.340 e. The largest absolute Gasteiger partial charge is 0.506 e. The highest BCUT2D eigenvalue weighted by Crippen LogP contribution is 2.43. The molecule has 1 fully saturated rings. The van der Waals surface area contributed by atoms with Crippen LogP contribution in [0.5, 0.6) is 5.75 Å². The summed E-state index contributed by atoms with van der Waals surface area (Å²) in [5.41, 5.74) is 2.98. The summed E-state index contributed by atoms with van der Waals surface area (Å²) in [6.45, 7) is 7.30. The average Bonchev–Trinajstić information content (AvgIpc) is 3.42. The summed E-state index contributed by atoms with van der Waals surface area (Å²) in [5, 5.41) is 13.0. The number of halogens is 4. The first-order chi connectivity index (χ1) is 16.4. The normalized spacial score (nSPS) is 13.9.